The topological polar surface area (TPSA) is 109 Å². The molecular weight excluding hydrogens is 382 g/mol. The molecule has 0 fully saturated rings. The molecule has 8 heteroatoms. The van der Waals surface area contributed by atoms with Crippen LogP contribution >= 0.6 is 11.8 Å². The molecule has 0 aliphatic carbocycles. The summed E-state index contributed by atoms with van der Waals surface area (Å²) in [5.41, 5.74) is 6.39. The molecule has 1 heterocycles. The summed E-state index contributed by atoms with van der Waals surface area (Å²) in [6.07, 6.45) is 1.90. The smallest absolute Gasteiger partial charge is 0.198 e. The van der Waals surface area contributed by atoms with Crippen LogP contribution in [0.15, 0.2) is 47.4 Å². The van der Waals surface area contributed by atoms with Crippen molar-refractivity contribution < 1.29 is 13.5 Å². The molecule has 0 aliphatic heterocycles. The minimum Gasteiger partial charge on any atom is -0.380 e. The predicted octanol–water partition coefficient (Wildman–Crippen LogP) is 2.93. The third-order valence-electron chi connectivity index (χ3n) is 4.58. The first-order valence-electron chi connectivity index (χ1n) is 8.50. The zero-order chi connectivity index (χ0) is 19.8. The first-order chi connectivity index (χ1) is 12.7. The van der Waals surface area contributed by atoms with Crippen LogP contribution in [0.4, 0.5) is 5.95 Å². The number of rotatable bonds is 6. The van der Waals surface area contributed by atoms with Crippen LogP contribution in [0.3, 0.4) is 0 Å². The van der Waals surface area contributed by atoms with Gasteiger partial charge in [-0.3, -0.25) is 0 Å². The Balaban J connectivity index is 2.34. The molecule has 144 valence electrons. The number of aromatic nitrogens is 2. The quantitative estimate of drug-likeness (QED) is 0.582. The van der Waals surface area contributed by atoms with E-state index in [1.165, 1.54) is 17.8 Å². The number of nitrogens with zero attached hydrogens (tertiary/aromatic N) is 1. The molecular formula is C19H23N3O3S2. The first kappa shape index (κ1) is 19.7. The minimum atomic E-state index is -3.63. The highest BCUT2D eigenvalue weighted by Gasteiger charge is 2.34. The molecule has 3 rings (SSSR count). The number of aliphatic hydroxyl groups is 1. The number of benzene rings is 2. The van der Waals surface area contributed by atoms with Crippen molar-refractivity contribution in [1.82, 2.24) is 9.97 Å². The predicted molar refractivity (Wildman–Crippen MR) is 111 cm³/mol. The van der Waals surface area contributed by atoms with E-state index in [0.717, 1.165) is 0 Å². The fourth-order valence-electron chi connectivity index (χ4n) is 3.07. The molecule has 0 radical (unpaired) electrons. The molecule has 1 unspecified atom stereocenters. The van der Waals surface area contributed by atoms with Gasteiger partial charge in [0.2, 0.25) is 0 Å². The van der Waals surface area contributed by atoms with Gasteiger partial charge in [-0.2, -0.15) is 11.8 Å². The maximum atomic E-state index is 12.9. The van der Waals surface area contributed by atoms with Crippen molar-refractivity contribution in [3.63, 3.8) is 0 Å². The number of nitrogens with one attached hydrogen (secondary N) is 1. The number of fused-ring (bicyclic) bond motifs is 1. The van der Waals surface area contributed by atoms with Gasteiger partial charge in [0.1, 0.15) is 11.1 Å². The van der Waals surface area contributed by atoms with E-state index in [0.29, 0.717) is 27.9 Å². The Morgan fingerprint density at radius 1 is 1.22 bits per heavy atom. The Morgan fingerprint density at radius 2 is 1.89 bits per heavy atom. The summed E-state index contributed by atoms with van der Waals surface area (Å²) in [4.78, 5) is 7.14. The molecule has 3 aromatic rings. The van der Waals surface area contributed by atoms with Gasteiger partial charge in [0.15, 0.2) is 15.8 Å². The van der Waals surface area contributed by atoms with E-state index < -0.39 is 20.7 Å². The second kappa shape index (κ2) is 7.18. The molecule has 0 bridgehead atoms. The van der Waals surface area contributed by atoms with Crippen molar-refractivity contribution in [2.75, 3.05) is 17.7 Å². The van der Waals surface area contributed by atoms with E-state index >= 15 is 0 Å². The van der Waals surface area contributed by atoms with Gasteiger partial charge in [-0.1, -0.05) is 30.3 Å². The fraction of sp³-hybridized carbons (Fsp3) is 0.316. The number of hydrogen-bond acceptors (Lipinski definition) is 6. The molecule has 4 N–H and O–H groups in total. The van der Waals surface area contributed by atoms with Crippen molar-refractivity contribution in [3.8, 4) is 0 Å². The third kappa shape index (κ3) is 3.44. The number of sulfone groups is 1. The highest BCUT2D eigenvalue weighted by molar-refractivity contribution is 7.98. The monoisotopic (exact) mass is 405 g/mol. The minimum absolute atomic E-state index is 0.0772. The molecule has 1 atom stereocenters. The lowest BCUT2D eigenvalue weighted by Gasteiger charge is -2.29. The highest BCUT2D eigenvalue weighted by atomic mass is 32.2. The SMILES string of the molecule is CSCC(O)(c1ccccc1)c1cc(S(=O)(=O)C(C)C)c2nc(N)[nH]c2c1. The van der Waals surface area contributed by atoms with E-state index in [2.05, 4.69) is 9.97 Å². The number of thioether (sulfide) groups is 1. The molecule has 6 nitrogen and oxygen atoms in total. The van der Waals surface area contributed by atoms with Gasteiger partial charge < -0.3 is 15.8 Å². The number of aromatic amines is 1. The van der Waals surface area contributed by atoms with Gasteiger partial charge in [-0.15, -0.1) is 0 Å². The Labute approximate surface area is 163 Å². The van der Waals surface area contributed by atoms with E-state index in [1.807, 2.05) is 36.6 Å². The average molecular weight is 406 g/mol. The van der Waals surface area contributed by atoms with Gasteiger partial charge in [-0.25, -0.2) is 13.4 Å². The molecule has 2 aromatic carbocycles. The van der Waals surface area contributed by atoms with Crippen LogP contribution in [0.5, 0.6) is 0 Å². The molecule has 0 aliphatic rings. The summed E-state index contributed by atoms with van der Waals surface area (Å²) in [7, 11) is -3.63. The number of nitrogen functional groups attached to an aromatic ring is 1. The largest absolute Gasteiger partial charge is 0.380 e. The summed E-state index contributed by atoms with van der Waals surface area (Å²) in [5, 5.41) is 10.9. The fourth-order valence-corrected chi connectivity index (χ4v) is 5.05. The standard InChI is InChI=1S/C19H23N3O3S2/c1-12(2)27(24,25)16-10-14(9-15-17(16)22-18(20)21-15)19(23,11-26-3)13-7-5-4-6-8-13/h4-10,12,23H,11H2,1-3H3,(H3,20,21,22). The van der Waals surface area contributed by atoms with Crippen LogP contribution in [0.25, 0.3) is 11.0 Å². The first-order valence-corrected chi connectivity index (χ1v) is 11.4. The van der Waals surface area contributed by atoms with E-state index in [1.54, 1.807) is 19.9 Å². The molecule has 0 saturated carbocycles. The van der Waals surface area contributed by atoms with Crippen LogP contribution in [0.1, 0.15) is 25.0 Å². The van der Waals surface area contributed by atoms with E-state index in [4.69, 9.17) is 5.73 Å². The van der Waals surface area contributed by atoms with Gasteiger partial charge in [0.05, 0.1) is 15.7 Å². The lowest BCUT2D eigenvalue weighted by molar-refractivity contribution is 0.107. The van der Waals surface area contributed by atoms with Crippen molar-refractivity contribution >= 4 is 38.6 Å². The van der Waals surface area contributed by atoms with Crippen molar-refractivity contribution in [1.29, 1.82) is 0 Å². The van der Waals surface area contributed by atoms with Gasteiger partial charge in [-0.05, 0) is 43.4 Å². The average Bonchev–Trinajstić information content (AvgIpc) is 3.01. The molecule has 0 amide bonds. The van der Waals surface area contributed by atoms with Crippen LogP contribution in [0, 0.1) is 0 Å². The summed E-state index contributed by atoms with van der Waals surface area (Å²) >= 11 is 1.48. The lowest BCUT2D eigenvalue weighted by Crippen LogP contribution is -2.30. The van der Waals surface area contributed by atoms with Gasteiger partial charge in [0.25, 0.3) is 0 Å². The van der Waals surface area contributed by atoms with Gasteiger partial charge >= 0.3 is 0 Å². The number of hydrogen-bond donors (Lipinski definition) is 3. The lowest BCUT2D eigenvalue weighted by atomic mass is 9.88. The Bertz CT molecular complexity index is 1060. The zero-order valence-corrected chi connectivity index (χ0v) is 17.1. The summed E-state index contributed by atoms with van der Waals surface area (Å²) in [6, 6.07) is 12.5. The summed E-state index contributed by atoms with van der Waals surface area (Å²) < 4.78 is 25.9. The summed E-state index contributed by atoms with van der Waals surface area (Å²) in [6.45, 7) is 3.24. The number of nitrogens with two attached hydrogens (primary N) is 1. The zero-order valence-electron chi connectivity index (χ0n) is 15.4. The molecule has 27 heavy (non-hydrogen) atoms. The molecule has 0 saturated heterocycles. The highest BCUT2D eigenvalue weighted by Crippen LogP contribution is 2.37. The third-order valence-corrected chi connectivity index (χ3v) is 7.45. The van der Waals surface area contributed by atoms with Crippen molar-refractivity contribution in [2.45, 2.75) is 29.6 Å². The van der Waals surface area contributed by atoms with E-state index in [-0.39, 0.29) is 10.8 Å². The van der Waals surface area contributed by atoms with Crippen LogP contribution < -0.4 is 5.73 Å². The number of imidazole rings is 1. The number of H-pyrrole nitrogens is 1. The van der Waals surface area contributed by atoms with Crippen LogP contribution in [0.2, 0.25) is 0 Å². The van der Waals surface area contributed by atoms with Crippen molar-refractivity contribution in [3.05, 3.63) is 53.6 Å². The van der Waals surface area contributed by atoms with E-state index in [9.17, 15) is 13.5 Å². The maximum Gasteiger partial charge on any atom is 0.198 e. The Hall–Kier alpha value is -2.03. The molecule has 1 aromatic heterocycles. The van der Waals surface area contributed by atoms with Crippen LogP contribution in [-0.4, -0.2) is 40.8 Å². The Morgan fingerprint density at radius 3 is 2.48 bits per heavy atom. The second-order valence-electron chi connectivity index (χ2n) is 6.75. The second-order valence-corrected chi connectivity index (χ2v) is 10.1. The molecule has 0 spiro atoms. The van der Waals surface area contributed by atoms with Crippen molar-refractivity contribution in [2.24, 2.45) is 0 Å². The normalized spacial score (nSPS) is 14.6. The Kier molecular flexibility index (Phi) is 5.24. The number of anilines is 1. The van der Waals surface area contributed by atoms with Crippen LogP contribution in [-0.2, 0) is 15.4 Å². The summed E-state index contributed by atoms with van der Waals surface area (Å²) in [5.74, 6) is 0.503. The maximum absolute atomic E-state index is 12.9. The van der Waals surface area contributed by atoms with Gasteiger partial charge in [0, 0.05) is 5.75 Å².